The molecule has 3 nitrogen and oxygen atoms in total. The van der Waals surface area contributed by atoms with Gasteiger partial charge >= 0.3 is 0 Å². The van der Waals surface area contributed by atoms with Gasteiger partial charge in [-0.3, -0.25) is 4.79 Å². The molecule has 72 valence electrons. The third-order valence-corrected chi connectivity index (χ3v) is 1.64. The van der Waals surface area contributed by atoms with E-state index >= 15 is 0 Å². The topological polar surface area (TPSA) is 46.5 Å². The second-order valence-corrected chi connectivity index (χ2v) is 2.79. The first-order valence-electron chi connectivity index (χ1n) is 4.59. The Balaban J connectivity index is 3.41. The molecule has 0 atom stereocenters. The molecule has 0 aromatic heterocycles. The van der Waals surface area contributed by atoms with Crippen LogP contribution in [0.1, 0.15) is 39.0 Å². The zero-order valence-corrected chi connectivity index (χ0v) is 7.95. The minimum absolute atomic E-state index is 0.523. The van der Waals surface area contributed by atoms with Crippen molar-refractivity contribution >= 4 is 12.0 Å². The number of unbranched alkanes of at least 4 members (excludes halogenated alkanes) is 4. The maximum atomic E-state index is 10.6. The minimum atomic E-state index is -0.523. The third-order valence-electron chi connectivity index (χ3n) is 1.64. The van der Waals surface area contributed by atoms with Crippen molar-refractivity contribution in [2.45, 2.75) is 39.0 Å². The summed E-state index contributed by atoms with van der Waals surface area (Å²) in [5.74, 6) is -0.523. The Hall–Kier alpha value is -1.21. The highest BCUT2D eigenvalue weighted by Crippen LogP contribution is 2.02. The monoisotopic (exact) mass is 181 g/mol. The predicted octanol–water partition coefficient (Wildman–Crippen LogP) is 2.38. The largest absolute Gasteiger partial charge is 0.280 e. The Bertz CT molecular complexity index is 215. The molecule has 0 aromatic rings. The summed E-state index contributed by atoms with van der Waals surface area (Å²) in [6.07, 6.45) is 9.85. The summed E-state index contributed by atoms with van der Waals surface area (Å²) in [5, 5.41) is 0. The van der Waals surface area contributed by atoms with E-state index in [-0.39, 0.29) is 0 Å². The molecule has 0 heterocycles. The van der Waals surface area contributed by atoms with Gasteiger partial charge in [0.25, 0.3) is 5.91 Å². The molecule has 0 saturated heterocycles. The van der Waals surface area contributed by atoms with Gasteiger partial charge in [-0.15, -0.1) is 4.99 Å². The summed E-state index contributed by atoms with van der Waals surface area (Å²) in [5.41, 5.74) is 0. The molecule has 0 radical (unpaired) electrons. The van der Waals surface area contributed by atoms with Crippen molar-refractivity contribution in [1.29, 1.82) is 0 Å². The summed E-state index contributed by atoms with van der Waals surface area (Å²) in [6.45, 7) is 2.15. The van der Waals surface area contributed by atoms with Gasteiger partial charge in [-0.1, -0.05) is 32.3 Å². The zero-order chi connectivity index (χ0) is 9.94. The Morgan fingerprint density at radius 1 is 1.38 bits per heavy atom. The predicted molar refractivity (Wildman–Crippen MR) is 51.0 cm³/mol. The first-order chi connectivity index (χ1) is 6.31. The molecule has 13 heavy (non-hydrogen) atoms. The van der Waals surface area contributed by atoms with Gasteiger partial charge in [-0.2, -0.15) is 0 Å². The van der Waals surface area contributed by atoms with Crippen molar-refractivity contribution in [3.05, 3.63) is 12.2 Å². The van der Waals surface area contributed by atoms with Crippen LogP contribution in [0.5, 0.6) is 0 Å². The fraction of sp³-hybridized carbons (Fsp3) is 0.600. The highest BCUT2D eigenvalue weighted by molar-refractivity contribution is 5.91. The molecular weight excluding hydrogens is 166 g/mol. The van der Waals surface area contributed by atoms with Crippen LogP contribution in [-0.2, 0) is 9.59 Å². The molecule has 0 rings (SSSR count). The molecule has 0 fully saturated rings. The lowest BCUT2D eigenvalue weighted by atomic mass is 10.1. The maximum Gasteiger partial charge on any atom is 0.280 e. The molecule has 0 aromatic carbocycles. The lowest BCUT2D eigenvalue weighted by molar-refractivity contribution is -0.113. The van der Waals surface area contributed by atoms with Crippen LogP contribution < -0.4 is 0 Å². The molecule has 1 amide bonds. The van der Waals surface area contributed by atoms with Gasteiger partial charge in [0.05, 0.1) is 0 Å². The SMILES string of the molecule is CCCCCC/C=C/C(=O)N=C=O. The number of aliphatic imine (C=N–C) groups is 1. The summed E-state index contributed by atoms with van der Waals surface area (Å²) < 4.78 is 0. The fourth-order valence-corrected chi connectivity index (χ4v) is 0.955. The van der Waals surface area contributed by atoms with Gasteiger partial charge in [0.15, 0.2) is 0 Å². The summed E-state index contributed by atoms with van der Waals surface area (Å²) in [7, 11) is 0. The van der Waals surface area contributed by atoms with Gasteiger partial charge in [-0.25, -0.2) is 4.79 Å². The Morgan fingerprint density at radius 2 is 2.15 bits per heavy atom. The second kappa shape index (κ2) is 8.88. The molecule has 0 aliphatic rings. The number of carbonyl (C=O) groups is 1. The number of amides is 1. The average Bonchev–Trinajstić information content (AvgIpc) is 2.11. The van der Waals surface area contributed by atoms with Crippen LogP contribution >= 0.6 is 0 Å². The molecule has 0 unspecified atom stereocenters. The minimum Gasteiger partial charge on any atom is -0.267 e. The van der Waals surface area contributed by atoms with E-state index in [9.17, 15) is 9.59 Å². The van der Waals surface area contributed by atoms with E-state index in [1.165, 1.54) is 31.4 Å². The second-order valence-electron chi connectivity index (χ2n) is 2.79. The standard InChI is InChI=1S/C10H15NO2/c1-2-3-4-5-6-7-8-10(13)11-9-12/h7-8H,2-6H2,1H3/b8-7+. The van der Waals surface area contributed by atoms with Crippen molar-refractivity contribution in [1.82, 2.24) is 0 Å². The highest BCUT2D eigenvalue weighted by Gasteiger charge is 1.89. The van der Waals surface area contributed by atoms with Crippen LogP contribution in [0.4, 0.5) is 0 Å². The van der Waals surface area contributed by atoms with Crippen molar-refractivity contribution in [3.63, 3.8) is 0 Å². The van der Waals surface area contributed by atoms with Crippen LogP contribution in [0.15, 0.2) is 17.1 Å². The van der Waals surface area contributed by atoms with Crippen LogP contribution in [0.3, 0.4) is 0 Å². The van der Waals surface area contributed by atoms with E-state index in [1.807, 2.05) is 0 Å². The number of allylic oxidation sites excluding steroid dienone is 1. The van der Waals surface area contributed by atoms with Crippen LogP contribution in [0.25, 0.3) is 0 Å². The molecular formula is C10H15NO2. The van der Waals surface area contributed by atoms with E-state index in [2.05, 4.69) is 11.9 Å². The highest BCUT2D eigenvalue weighted by atomic mass is 16.2. The lowest BCUT2D eigenvalue weighted by Crippen LogP contribution is -1.84. The molecule has 3 heteroatoms. The van der Waals surface area contributed by atoms with E-state index < -0.39 is 5.91 Å². The van der Waals surface area contributed by atoms with Crippen LogP contribution in [0, 0.1) is 0 Å². The molecule has 0 spiro atoms. The van der Waals surface area contributed by atoms with E-state index in [0.29, 0.717) is 0 Å². The first kappa shape index (κ1) is 11.8. The van der Waals surface area contributed by atoms with E-state index in [1.54, 1.807) is 6.08 Å². The number of hydrogen-bond donors (Lipinski definition) is 0. The average molecular weight is 181 g/mol. The smallest absolute Gasteiger partial charge is 0.267 e. The number of carbonyl (C=O) groups excluding carboxylic acids is 2. The van der Waals surface area contributed by atoms with Gasteiger partial charge in [-0.05, 0) is 12.8 Å². The van der Waals surface area contributed by atoms with Crippen molar-refractivity contribution < 1.29 is 9.59 Å². The number of hydrogen-bond acceptors (Lipinski definition) is 2. The normalized spacial score (nSPS) is 9.92. The van der Waals surface area contributed by atoms with Crippen LogP contribution in [0.2, 0.25) is 0 Å². The molecule has 0 bridgehead atoms. The zero-order valence-electron chi connectivity index (χ0n) is 7.95. The van der Waals surface area contributed by atoms with Crippen molar-refractivity contribution in [2.24, 2.45) is 4.99 Å². The van der Waals surface area contributed by atoms with Gasteiger partial charge in [0.2, 0.25) is 6.08 Å². The fourth-order valence-electron chi connectivity index (χ4n) is 0.955. The molecule has 0 saturated carbocycles. The number of nitrogens with zero attached hydrogens (tertiary/aromatic N) is 1. The first-order valence-corrected chi connectivity index (χ1v) is 4.59. The Labute approximate surface area is 78.6 Å². The third kappa shape index (κ3) is 8.70. The molecule has 0 N–H and O–H groups in total. The summed E-state index contributed by atoms with van der Waals surface area (Å²) in [4.78, 5) is 23.2. The maximum absolute atomic E-state index is 10.6. The summed E-state index contributed by atoms with van der Waals surface area (Å²) >= 11 is 0. The Kier molecular flexibility index (Phi) is 8.06. The lowest BCUT2D eigenvalue weighted by Gasteiger charge is -1.92. The quantitative estimate of drug-likeness (QED) is 0.273. The Morgan fingerprint density at radius 3 is 2.77 bits per heavy atom. The van der Waals surface area contributed by atoms with Gasteiger partial charge in [0, 0.05) is 6.08 Å². The van der Waals surface area contributed by atoms with Gasteiger partial charge in [0.1, 0.15) is 0 Å². The number of rotatable bonds is 6. The summed E-state index contributed by atoms with van der Waals surface area (Å²) in [6, 6.07) is 0. The van der Waals surface area contributed by atoms with Crippen molar-refractivity contribution in [3.8, 4) is 0 Å². The van der Waals surface area contributed by atoms with E-state index in [0.717, 1.165) is 12.8 Å². The molecule has 0 aliphatic heterocycles. The van der Waals surface area contributed by atoms with Gasteiger partial charge < -0.3 is 0 Å². The van der Waals surface area contributed by atoms with E-state index in [4.69, 9.17) is 0 Å². The molecule has 0 aliphatic carbocycles. The van der Waals surface area contributed by atoms with Crippen molar-refractivity contribution in [2.75, 3.05) is 0 Å². The number of isocyanates is 1. The van der Waals surface area contributed by atoms with Crippen LogP contribution in [-0.4, -0.2) is 12.0 Å².